The summed E-state index contributed by atoms with van der Waals surface area (Å²) in [5.74, 6) is -2.57. The number of alkyl halides is 3. The van der Waals surface area contributed by atoms with Crippen molar-refractivity contribution < 1.29 is 37.3 Å². The Kier molecular flexibility index (Phi) is 4.67. The van der Waals surface area contributed by atoms with E-state index in [2.05, 4.69) is 4.74 Å². The summed E-state index contributed by atoms with van der Waals surface area (Å²) in [5.41, 5.74) is -2.42. The third kappa shape index (κ3) is 3.49. The highest BCUT2D eigenvalue weighted by Gasteiger charge is 2.47. The van der Waals surface area contributed by atoms with Crippen molar-refractivity contribution in [1.82, 2.24) is 4.90 Å². The van der Waals surface area contributed by atoms with Gasteiger partial charge in [-0.1, -0.05) is 0 Å². The average Bonchev–Trinajstić information content (AvgIpc) is 2.90. The van der Waals surface area contributed by atoms with Crippen molar-refractivity contribution in [2.75, 3.05) is 20.2 Å². The zero-order chi connectivity index (χ0) is 17.2. The molecule has 0 aliphatic carbocycles. The number of carbonyl (C=O) groups is 2. The number of benzene rings is 1. The van der Waals surface area contributed by atoms with Gasteiger partial charge in [0.15, 0.2) is 11.5 Å². The van der Waals surface area contributed by atoms with Gasteiger partial charge in [-0.3, -0.25) is 4.79 Å². The van der Waals surface area contributed by atoms with Gasteiger partial charge in [0.1, 0.15) is 0 Å². The summed E-state index contributed by atoms with van der Waals surface area (Å²) >= 11 is 0. The number of methoxy groups -OCH3 is 1. The van der Waals surface area contributed by atoms with Crippen molar-refractivity contribution in [1.29, 1.82) is 0 Å². The first-order valence-electron chi connectivity index (χ1n) is 6.61. The number of aliphatic carboxylic acids is 1. The highest BCUT2D eigenvalue weighted by Crippen LogP contribution is 2.32. The Morgan fingerprint density at radius 3 is 2.57 bits per heavy atom. The molecule has 0 spiro atoms. The van der Waals surface area contributed by atoms with Crippen molar-refractivity contribution in [2.45, 2.75) is 18.7 Å². The van der Waals surface area contributed by atoms with Crippen LogP contribution in [0, 0.1) is 0 Å². The van der Waals surface area contributed by atoms with E-state index in [1.54, 1.807) is 0 Å². The molecule has 2 rings (SSSR count). The molecule has 1 N–H and O–H groups in total. The maximum Gasteiger partial charge on any atom is 0.387 e. The van der Waals surface area contributed by atoms with Crippen LogP contribution in [0.15, 0.2) is 18.2 Å². The van der Waals surface area contributed by atoms with Crippen molar-refractivity contribution >= 4 is 11.9 Å². The first kappa shape index (κ1) is 16.9. The highest BCUT2D eigenvalue weighted by molar-refractivity contribution is 5.96. The van der Waals surface area contributed by atoms with Crippen LogP contribution in [0.4, 0.5) is 13.2 Å². The number of hydrogen-bond acceptors (Lipinski definition) is 4. The number of rotatable bonds is 5. The number of likely N-dealkylation sites (tertiary alicyclic amines) is 1. The van der Waals surface area contributed by atoms with Gasteiger partial charge in [-0.25, -0.2) is 9.18 Å². The Morgan fingerprint density at radius 1 is 1.35 bits per heavy atom. The van der Waals surface area contributed by atoms with Crippen LogP contribution in [-0.2, 0) is 4.79 Å². The van der Waals surface area contributed by atoms with Gasteiger partial charge in [0.05, 0.1) is 13.7 Å². The van der Waals surface area contributed by atoms with Crippen LogP contribution >= 0.6 is 0 Å². The summed E-state index contributed by atoms with van der Waals surface area (Å²) in [6, 6.07) is 3.54. The fraction of sp³-hybridized carbons (Fsp3) is 0.429. The number of hydrogen-bond donors (Lipinski definition) is 1. The topological polar surface area (TPSA) is 76.1 Å². The molecule has 1 aromatic rings. The molecule has 0 saturated carbocycles. The number of halogens is 3. The second-order valence-electron chi connectivity index (χ2n) is 4.99. The summed E-state index contributed by atoms with van der Waals surface area (Å²) < 4.78 is 47.6. The molecule has 9 heteroatoms. The van der Waals surface area contributed by atoms with E-state index >= 15 is 0 Å². The molecule has 0 bridgehead atoms. The zero-order valence-corrected chi connectivity index (χ0v) is 12.1. The van der Waals surface area contributed by atoms with Crippen LogP contribution in [-0.4, -0.2) is 54.4 Å². The molecular weight excluding hydrogens is 319 g/mol. The van der Waals surface area contributed by atoms with Crippen LogP contribution in [0.25, 0.3) is 0 Å². The minimum Gasteiger partial charge on any atom is -0.493 e. The van der Waals surface area contributed by atoms with Crippen LogP contribution in [0.5, 0.6) is 11.5 Å². The van der Waals surface area contributed by atoms with Gasteiger partial charge in [-0.15, -0.1) is 0 Å². The molecule has 0 radical (unpaired) electrons. The number of carboxylic acid groups (broad SMARTS) is 1. The first-order valence-corrected chi connectivity index (χ1v) is 6.61. The predicted molar refractivity (Wildman–Crippen MR) is 71.6 cm³/mol. The van der Waals surface area contributed by atoms with Gasteiger partial charge in [0.25, 0.3) is 5.91 Å². The number of amides is 1. The summed E-state index contributed by atoms with van der Waals surface area (Å²) in [5, 5.41) is 8.82. The van der Waals surface area contributed by atoms with Gasteiger partial charge in [-0.2, -0.15) is 8.78 Å². The van der Waals surface area contributed by atoms with Crippen molar-refractivity contribution in [3.8, 4) is 11.5 Å². The van der Waals surface area contributed by atoms with Crippen molar-refractivity contribution in [2.24, 2.45) is 0 Å². The molecule has 1 amide bonds. The second kappa shape index (κ2) is 6.35. The Balaban J connectivity index is 2.19. The van der Waals surface area contributed by atoms with Gasteiger partial charge >= 0.3 is 12.6 Å². The molecule has 1 atom stereocenters. The molecule has 1 aromatic carbocycles. The SMILES string of the molecule is COc1cc(C(=O)N2CCC(F)(C(=O)O)C2)ccc1OC(F)F. The largest absolute Gasteiger partial charge is 0.493 e. The smallest absolute Gasteiger partial charge is 0.387 e. The van der Waals surface area contributed by atoms with Gasteiger partial charge < -0.3 is 19.5 Å². The Hall–Kier alpha value is -2.45. The lowest BCUT2D eigenvalue weighted by Gasteiger charge is -2.18. The van der Waals surface area contributed by atoms with Crippen LogP contribution in [0.3, 0.4) is 0 Å². The standard InChI is InChI=1S/C14H14F3NO5/c1-22-10-6-8(2-3-9(10)23-13(15)16)11(19)18-5-4-14(17,7-18)12(20)21/h2-3,6,13H,4-5,7H2,1H3,(H,20,21). The van der Waals surface area contributed by atoms with E-state index in [1.165, 1.54) is 19.2 Å². The van der Waals surface area contributed by atoms with Gasteiger partial charge in [-0.05, 0) is 18.2 Å². The fourth-order valence-corrected chi connectivity index (χ4v) is 2.30. The molecule has 6 nitrogen and oxygen atoms in total. The molecule has 23 heavy (non-hydrogen) atoms. The molecule has 1 saturated heterocycles. The van der Waals surface area contributed by atoms with Crippen LogP contribution in [0.2, 0.25) is 0 Å². The number of carboxylic acids is 1. The summed E-state index contributed by atoms with van der Waals surface area (Å²) in [6.07, 6.45) is -0.308. The maximum absolute atomic E-state index is 14.0. The van der Waals surface area contributed by atoms with E-state index in [-0.39, 0.29) is 30.0 Å². The van der Waals surface area contributed by atoms with Crippen LogP contribution < -0.4 is 9.47 Å². The van der Waals surface area contributed by atoms with E-state index in [1.807, 2.05) is 0 Å². The second-order valence-corrected chi connectivity index (χ2v) is 4.99. The summed E-state index contributed by atoms with van der Waals surface area (Å²) in [7, 11) is 1.22. The number of nitrogens with zero attached hydrogens (tertiary/aromatic N) is 1. The van der Waals surface area contributed by atoms with E-state index < -0.39 is 30.7 Å². The van der Waals surface area contributed by atoms with Gasteiger partial charge in [0.2, 0.25) is 5.67 Å². The zero-order valence-electron chi connectivity index (χ0n) is 12.1. The molecule has 1 aliphatic heterocycles. The minimum absolute atomic E-state index is 0.0538. The van der Waals surface area contributed by atoms with Gasteiger partial charge in [0, 0.05) is 18.5 Å². The maximum atomic E-state index is 14.0. The van der Waals surface area contributed by atoms with E-state index in [4.69, 9.17) is 9.84 Å². The fourth-order valence-electron chi connectivity index (χ4n) is 2.30. The normalized spacial score (nSPS) is 20.7. The predicted octanol–water partition coefficient (Wildman–Crippen LogP) is 1.94. The summed E-state index contributed by atoms with van der Waals surface area (Å²) in [6.45, 7) is -3.68. The quantitative estimate of drug-likeness (QED) is 0.891. The van der Waals surface area contributed by atoms with Crippen molar-refractivity contribution in [3.05, 3.63) is 23.8 Å². The third-order valence-corrected chi connectivity index (χ3v) is 3.52. The first-order chi connectivity index (χ1) is 10.8. The van der Waals surface area contributed by atoms with E-state index in [0.717, 1.165) is 11.0 Å². The lowest BCUT2D eigenvalue weighted by atomic mass is 10.1. The molecule has 0 aromatic heterocycles. The molecular formula is C14H14F3NO5. The molecule has 1 heterocycles. The highest BCUT2D eigenvalue weighted by atomic mass is 19.3. The van der Waals surface area contributed by atoms with E-state index in [0.29, 0.717) is 0 Å². The Labute approximate surface area is 129 Å². The third-order valence-electron chi connectivity index (χ3n) is 3.52. The number of ether oxygens (including phenoxy) is 2. The molecule has 1 fully saturated rings. The van der Waals surface area contributed by atoms with Crippen molar-refractivity contribution in [3.63, 3.8) is 0 Å². The molecule has 1 unspecified atom stereocenters. The van der Waals surface area contributed by atoms with E-state index in [9.17, 15) is 22.8 Å². The van der Waals surface area contributed by atoms with Crippen LogP contribution in [0.1, 0.15) is 16.8 Å². The Bertz CT molecular complexity index is 624. The monoisotopic (exact) mass is 333 g/mol. The lowest BCUT2D eigenvalue weighted by molar-refractivity contribution is -0.149. The Morgan fingerprint density at radius 2 is 2.04 bits per heavy atom. The number of carbonyl (C=O) groups excluding carboxylic acids is 1. The lowest BCUT2D eigenvalue weighted by Crippen LogP contribution is -2.38. The minimum atomic E-state index is -3.05. The molecule has 126 valence electrons. The average molecular weight is 333 g/mol. The summed E-state index contributed by atoms with van der Waals surface area (Å²) in [4.78, 5) is 24.2. The molecule has 1 aliphatic rings.